The van der Waals surface area contributed by atoms with Crippen molar-refractivity contribution in [2.45, 2.75) is 38.6 Å². The molecule has 0 saturated heterocycles. The summed E-state index contributed by atoms with van der Waals surface area (Å²) in [7, 11) is 0. The first-order valence-electron chi connectivity index (χ1n) is 6.47. The largest absolute Gasteiger partial charge is 0.374 e. The Morgan fingerprint density at radius 3 is 3.06 bits per heavy atom. The Morgan fingerprint density at radius 1 is 1.44 bits per heavy atom. The molecular formula is C15H17ClN2. The lowest BCUT2D eigenvalue weighted by molar-refractivity contribution is 0.482. The molecule has 0 aromatic carbocycles. The maximum absolute atomic E-state index is 6.46. The summed E-state index contributed by atoms with van der Waals surface area (Å²) < 4.78 is 0. The zero-order valence-corrected chi connectivity index (χ0v) is 11.5. The number of nitrogens with zero attached hydrogens (tertiary/aromatic N) is 1. The Morgan fingerprint density at radius 2 is 2.28 bits per heavy atom. The molecule has 1 N–H and O–H groups in total. The molecule has 0 radical (unpaired) electrons. The predicted molar refractivity (Wildman–Crippen MR) is 75.2 cm³/mol. The first-order chi connectivity index (χ1) is 8.63. The zero-order valence-electron chi connectivity index (χ0n) is 10.8. The number of hydrogen-bond acceptors (Lipinski definition) is 2. The first-order valence-corrected chi connectivity index (χ1v) is 6.85. The summed E-state index contributed by atoms with van der Waals surface area (Å²) in [5.41, 5.74) is 4.67. The second-order valence-electron chi connectivity index (χ2n) is 5.25. The normalized spacial score (nSPS) is 26.1. The molecule has 1 aliphatic heterocycles. The van der Waals surface area contributed by atoms with E-state index in [9.17, 15) is 0 Å². The van der Waals surface area contributed by atoms with E-state index >= 15 is 0 Å². The number of nitrogens with one attached hydrogen (secondary N) is 1. The van der Waals surface area contributed by atoms with Crippen LogP contribution in [0.3, 0.4) is 0 Å². The summed E-state index contributed by atoms with van der Waals surface area (Å²) in [5, 5.41) is 4.52. The number of fused-ring (bicyclic) bond motifs is 2. The van der Waals surface area contributed by atoms with Crippen molar-refractivity contribution in [2.75, 3.05) is 0 Å². The number of aryl methyl sites for hydroxylation is 1. The number of pyridine rings is 1. The van der Waals surface area contributed by atoms with Crippen LogP contribution >= 0.6 is 11.6 Å². The summed E-state index contributed by atoms with van der Waals surface area (Å²) in [4.78, 5) is 4.53. The Labute approximate surface area is 113 Å². The predicted octanol–water partition coefficient (Wildman–Crippen LogP) is 3.63. The Kier molecular flexibility index (Phi) is 2.70. The second kappa shape index (κ2) is 4.13. The number of dihydropyridines is 1. The summed E-state index contributed by atoms with van der Waals surface area (Å²) >= 11 is 6.46. The van der Waals surface area contributed by atoms with E-state index in [0.29, 0.717) is 0 Å². The third-order valence-electron chi connectivity index (χ3n) is 3.95. The molecule has 18 heavy (non-hydrogen) atoms. The van der Waals surface area contributed by atoms with Crippen LogP contribution < -0.4 is 5.32 Å². The zero-order chi connectivity index (χ0) is 12.8. The lowest BCUT2D eigenvalue weighted by Gasteiger charge is -2.37. The lowest BCUT2D eigenvalue weighted by Crippen LogP contribution is -2.42. The van der Waals surface area contributed by atoms with Crippen LogP contribution in [0, 0.1) is 0 Å². The molecule has 2 nitrogen and oxygen atoms in total. The Balaban J connectivity index is 2.14. The van der Waals surface area contributed by atoms with E-state index < -0.39 is 0 Å². The van der Waals surface area contributed by atoms with Crippen LogP contribution in [0.2, 0.25) is 0 Å². The minimum absolute atomic E-state index is 0.0674. The van der Waals surface area contributed by atoms with E-state index in [4.69, 9.17) is 11.6 Å². The van der Waals surface area contributed by atoms with Gasteiger partial charge in [-0.15, -0.1) is 0 Å². The van der Waals surface area contributed by atoms with Gasteiger partial charge in [0, 0.05) is 11.2 Å². The maximum Gasteiger partial charge on any atom is 0.0896 e. The van der Waals surface area contributed by atoms with Crippen molar-refractivity contribution in [3.05, 3.63) is 46.3 Å². The van der Waals surface area contributed by atoms with E-state index in [1.165, 1.54) is 11.1 Å². The second-order valence-corrected chi connectivity index (χ2v) is 5.66. The van der Waals surface area contributed by atoms with Gasteiger partial charge in [-0.1, -0.05) is 24.6 Å². The fraction of sp³-hybridized carbons (Fsp3) is 0.400. The smallest absolute Gasteiger partial charge is 0.0896 e. The number of allylic oxidation sites excluding steroid dienone is 2. The summed E-state index contributed by atoms with van der Waals surface area (Å²) in [5.74, 6) is 0. The van der Waals surface area contributed by atoms with Crippen LogP contribution in [0.1, 0.15) is 37.9 Å². The van der Waals surface area contributed by atoms with Crippen molar-refractivity contribution < 1.29 is 0 Å². The highest BCUT2D eigenvalue weighted by atomic mass is 35.5. The molecule has 0 bridgehead atoms. The number of halogens is 1. The molecule has 1 aromatic rings. The van der Waals surface area contributed by atoms with Crippen molar-refractivity contribution >= 4 is 17.3 Å². The minimum Gasteiger partial charge on any atom is -0.374 e. The van der Waals surface area contributed by atoms with Gasteiger partial charge in [0.05, 0.1) is 16.9 Å². The van der Waals surface area contributed by atoms with Crippen LogP contribution in [0.25, 0.3) is 5.70 Å². The van der Waals surface area contributed by atoms with Crippen LogP contribution in [0.5, 0.6) is 0 Å². The average molecular weight is 261 g/mol. The van der Waals surface area contributed by atoms with Gasteiger partial charge in [0.1, 0.15) is 0 Å². The molecule has 0 unspecified atom stereocenters. The van der Waals surface area contributed by atoms with Gasteiger partial charge in [-0.25, -0.2) is 0 Å². The van der Waals surface area contributed by atoms with E-state index in [1.807, 2.05) is 12.3 Å². The molecule has 94 valence electrons. The molecule has 3 heteroatoms. The topological polar surface area (TPSA) is 24.9 Å². The fourth-order valence-corrected chi connectivity index (χ4v) is 3.08. The van der Waals surface area contributed by atoms with Crippen LogP contribution in [0.15, 0.2) is 35.0 Å². The van der Waals surface area contributed by atoms with Crippen LogP contribution in [0.4, 0.5) is 0 Å². The van der Waals surface area contributed by atoms with E-state index in [1.54, 1.807) is 0 Å². The molecule has 2 aliphatic rings. The molecule has 3 rings (SSSR count). The Hall–Kier alpha value is -1.28. The van der Waals surface area contributed by atoms with Crippen molar-refractivity contribution in [3.63, 3.8) is 0 Å². The maximum atomic E-state index is 6.46. The quantitative estimate of drug-likeness (QED) is 0.834. The van der Waals surface area contributed by atoms with Crippen LogP contribution in [-0.4, -0.2) is 10.5 Å². The van der Waals surface area contributed by atoms with Gasteiger partial charge >= 0.3 is 0 Å². The van der Waals surface area contributed by atoms with Gasteiger partial charge in [0.2, 0.25) is 0 Å². The third-order valence-corrected chi connectivity index (χ3v) is 4.29. The minimum atomic E-state index is -0.0674. The molecule has 0 spiro atoms. The van der Waals surface area contributed by atoms with Crippen LogP contribution in [-0.2, 0) is 6.42 Å². The van der Waals surface area contributed by atoms with Crippen molar-refractivity contribution in [1.29, 1.82) is 0 Å². The van der Waals surface area contributed by atoms with Gasteiger partial charge in [-0.2, -0.15) is 0 Å². The van der Waals surface area contributed by atoms with Gasteiger partial charge in [-0.3, -0.25) is 4.98 Å². The number of aromatic nitrogens is 1. The van der Waals surface area contributed by atoms with E-state index in [-0.39, 0.29) is 5.54 Å². The third kappa shape index (κ3) is 1.76. The van der Waals surface area contributed by atoms with Gasteiger partial charge in [0.25, 0.3) is 0 Å². The average Bonchev–Trinajstić information content (AvgIpc) is 2.38. The molecule has 0 amide bonds. The van der Waals surface area contributed by atoms with Crippen molar-refractivity contribution in [3.8, 4) is 0 Å². The van der Waals surface area contributed by atoms with Gasteiger partial charge in [0.15, 0.2) is 0 Å². The first kappa shape index (κ1) is 11.8. The highest BCUT2D eigenvalue weighted by Crippen LogP contribution is 2.39. The van der Waals surface area contributed by atoms with Crippen molar-refractivity contribution in [1.82, 2.24) is 10.3 Å². The molecule has 1 aliphatic carbocycles. The lowest BCUT2D eigenvalue weighted by atomic mass is 9.85. The highest BCUT2D eigenvalue weighted by Gasteiger charge is 2.32. The molecule has 0 fully saturated rings. The fourth-order valence-electron chi connectivity index (χ4n) is 2.65. The van der Waals surface area contributed by atoms with E-state index in [0.717, 1.165) is 35.7 Å². The molecule has 1 atom stereocenters. The molecule has 1 aromatic heterocycles. The van der Waals surface area contributed by atoms with Gasteiger partial charge in [-0.05, 0) is 49.5 Å². The summed E-state index contributed by atoms with van der Waals surface area (Å²) in [6.07, 6.45) is 7.02. The number of hydrogen-bond donors (Lipinski definition) is 1. The standard InChI is InChI=1S/C15H17ClN2/c1-3-15(2)9-12(16)11-7-6-10-5-4-8-17-13(10)14(11)18-15/h4-5,8-9,18H,3,6-7H2,1-2H3/t15-/m1/s1. The summed E-state index contributed by atoms with van der Waals surface area (Å²) in [6, 6.07) is 4.16. The molecular weight excluding hydrogens is 244 g/mol. The Bertz CT molecular complexity index is 559. The summed E-state index contributed by atoms with van der Waals surface area (Å²) in [6.45, 7) is 4.35. The SMILES string of the molecule is CC[C@]1(C)C=C(Cl)C2=C(N1)c1ncccc1CC2. The number of rotatable bonds is 1. The monoisotopic (exact) mass is 260 g/mol. The molecule has 2 heterocycles. The van der Waals surface area contributed by atoms with Gasteiger partial charge < -0.3 is 5.32 Å². The van der Waals surface area contributed by atoms with Crippen molar-refractivity contribution in [2.24, 2.45) is 0 Å². The van der Waals surface area contributed by atoms with E-state index in [2.05, 4.69) is 36.3 Å². The highest BCUT2D eigenvalue weighted by molar-refractivity contribution is 6.33. The molecule has 0 saturated carbocycles.